The maximum Gasteiger partial charge on any atom is 0.305 e. The number of amides is 1. The lowest BCUT2D eigenvalue weighted by Gasteiger charge is -2.23. The van der Waals surface area contributed by atoms with Gasteiger partial charge in [-0.15, -0.1) is 0 Å². The van der Waals surface area contributed by atoms with E-state index in [2.05, 4.69) is 42.9 Å². The molecule has 0 radical (unpaired) electrons. The summed E-state index contributed by atoms with van der Waals surface area (Å²) in [7, 11) is 0. The van der Waals surface area contributed by atoms with Crippen LogP contribution in [0.4, 0.5) is 5.95 Å². The number of anilines is 1. The zero-order valence-corrected chi connectivity index (χ0v) is 23.4. The van der Waals surface area contributed by atoms with Gasteiger partial charge in [-0.2, -0.15) is 9.97 Å². The molecule has 0 saturated carbocycles. The van der Waals surface area contributed by atoms with Crippen molar-refractivity contribution in [2.24, 2.45) is 0 Å². The van der Waals surface area contributed by atoms with Gasteiger partial charge in [-0.1, -0.05) is 12.1 Å². The van der Waals surface area contributed by atoms with Crippen molar-refractivity contribution in [2.75, 3.05) is 5.32 Å². The van der Waals surface area contributed by atoms with Crippen LogP contribution in [-0.4, -0.2) is 61.8 Å². The van der Waals surface area contributed by atoms with Crippen molar-refractivity contribution in [3.05, 3.63) is 39.7 Å². The molecule has 0 bridgehead atoms. The number of rotatable bonds is 8. The van der Waals surface area contributed by atoms with Gasteiger partial charge < -0.3 is 23.7 Å². The maximum absolute atomic E-state index is 12.0. The quantitative estimate of drug-likeness (QED) is 0.214. The normalized spacial score (nSPS) is 20.3. The Bertz CT molecular complexity index is 1410. The zero-order valence-electron chi connectivity index (χ0n) is 21.2. The monoisotopic (exact) mass is 653 g/mol. The van der Waals surface area contributed by atoms with Crippen molar-refractivity contribution in [3.63, 3.8) is 0 Å². The number of imidazole rings is 1. The molecule has 2 aromatic heterocycles. The van der Waals surface area contributed by atoms with E-state index in [-0.39, 0.29) is 29.6 Å². The fraction of sp³-hybridized carbons (Fsp3) is 0.375. The average Bonchev–Trinajstić information content (AvgIpc) is 3.39. The number of esters is 3. The second-order valence-corrected chi connectivity index (χ2v) is 9.67. The molecule has 1 amide bonds. The minimum atomic E-state index is -1.40. The van der Waals surface area contributed by atoms with Crippen LogP contribution in [0.5, 0.6) is 5.88 Å². The molecule has 1 N–H and O–H groups in total. The molecule has 4 unspecified atom stereocenters. The maximum atomic E-state index is 12.0. The molecule has 0 spiro atoms. The molecule has 1 aromatic carbocycles. The number of benzene rings is 1. The van der Waals surface area contributed by atoms with Gasteiger partial charge in [0.05, 0.1) is 6.33 Å². The summed E-state index contributed by atoms with van der Waals surface area (Å²) in [4.78, 5) is 60.3. The number of fused-ring (bicyclic) bond motifs is 1. The molecule has 1 fully saturated rings. The molecular formula is C24H24IN5O9. The molecule has 14 nitrogen and oxygen atoms in total. The van der Waals surface area contributed by atoms with Crippen molar-refractivity contribution in [3.8, 4) is 5.88 Å². The molecule has 0 aliphatic carbocycles. The summed E-state index contributed by atoms with van der Waals surface area (Å²) in [6, 6.07) is 7.65. The van der Waals surface area contributed by atoms with E-state index in [1.54, 1.807) is 0 Å². The number of hydrogen-bond acceptors (Lipinski definition) is 12. The number of carbonyl (C=O) groups excluding carboxylic acids is 4. The van der Waals surface area contributed by atoms with Crippen molar-refractivity contribution in [2.45, 2.75) is 59.0 Å². The summed E-state index contributed by atoms with van der Waals surface area (Å²) in [5.41, 5.74) is 1.21. The van der Waals surface area contributed by atoms with Gasteiger partial charge in [-0.05, 0) is 40.3 Å². The number of halogens is 1. The Kier molecular flexibility index (Phi) is 8.59. The molecule has 1 aliphatic rings. The highest BCUT2D eigenvalue weighted by molar-refractivity contribution is 14.1. The Balaban J connectivity index is 1.76. The summed E-state index contributed by atoms with van der Waals surface area (Å²) in [6.07, 6.45) is -3.80. The van der Waals surface area contributed by atoms with Crippen LogP contribution >= 0.6 is 22.6 Å². The van der Waals surface area contributed by atoms with Crippen LogP contribution in [0.25, 0.3) is 11.2 Å². The van der Waals surface area contributed by atoms with Crippen LogP contribution in [0.1, 0.15) is 39.5 Å². The standard InChI is InChI=1S/C24H24IN5O9/c1-11(31)27-24-28-20-17(21(29-24)35-9-15-5-7-16(25)8-6-15)26-10-30(20)22-18(36-12(2)32)19(37-13(3)33)23(39-22)38-14(4)34/h5-8,10,18-19,22-23H,9H2,1-4H3,(H,27,28,29,31). The number of aromatic nitrogens is 4. The van der Waals surface area contributed by atoms with E-state index < -0.39 is 48.5 Å². The predicted octanol–water partition coefficient (Wildman–Crippen LogP) is 2.25. The molecule has 1 saturated heterocycles. The summed E-state index contributed by atoms with van der Waals surface area (Å²) in [5, 5.41) is 2.52. The van der Waals surface area contributed by atoms with Crippen molar-refractivity contribution in [1.29, 1.82) is 0 Å². The summed E-state index contributed by atoms with van der Waals surface area (Å²) >= 11 is 2.20. The second kappa shape index (κ2) is 11.9. The Labute approximate surface area is 235 Å². The average molecular weight is 653 g/mol. The van der Waals surface area contributed by atoms with Crippen LogP contribution in [0.2, 0.25) is 0 Å². The van der Waals surface area contributed by atoms with E-state index in [4.69, 9.17) is 23.7 Å². The van der Waals surface area contributed by atoms with E-state index in [1.165, 1.54) is 24.7 Å². The summed E-state index contributed by atoms with van der Waals surface area (Å²) < 4.78 is 30.2. The van der Waals surface area contributed by atoms with Crippen molar-refractivity contribution >= 4 is 63.5 Å². The van der Waals surface area contributed by atoms with E-state index >= 15 is 0 Å². The highest BCUT2D eigenvalue weighted by Gasteiger charge is 2.52. The lowest BCUT2D eigenvalue weighted by Crippen LogP contribution is -2.40. The zero-order chi connectivity index (χ0) is 28.3. The number of ether oxygens (including phenoxy) is 5. The SMILES string of the molecule is CC(=O)Nc1nc(OCc2ccc(I)cc2)c2ncn(C3OC(OC(C)=O)C(OC(C)=O)C3OC(C)=O)c2n1. The highest BCUT2D eigenvalue weighted by atomic mass is 127. The molecule has 4 rings (SSSR count). The first-order valence-electron chi connectivity index (χ1n) is 11.6. The fourth-order valence-electron chi connectivity index (χ4n) is 3.85. The van der Waals surface area contributed by atoms with Crippen molar-refractivity contribution < 1.29 is 42.9 Å². The van der Waals surface area contributed by atoms with Crippen LogP contribution in [0.3, 0.4) is 0 Å². The van der Waals surface area contributed by atoms with Crippen LogP contribution < -0.4 is 10.1 Å². The van der Waals surface area contributed by atoms with Gasteiger partial charge in [0.1, 0.15) is 6.61 Å². The number of nitrogens with one attached hydrogen (secondary N) is 1. The second-order valence-electron chi connectivity index (χ2n) is 8.43. The third-order valence-corrected chi connectivity index (χ3v) is 5.99. The van der Waals surface area contributed by atoms with Gasteiger partial charge in [0.25, 0.3) is 0 Å². The first-order valence-corrected chi connectivity index (χ1v) is 12.7. The van der Waals surface area contributed by atoms with E-state index in [0.29, 0.717) is 0 Å². The molecule has 15 heteroatoms. The van der Waals surface area contributed by atoms with Gasteiger partial charge in [-0.3, -0.25) is 29.1 Å². The van der Waals surface area contributed by atoms with Gasteiger partial charge in [0.15, 0.2) is 23.5 Å². The molecule has 4 atom stereocenters. The highest BCUT2D eigenvalue weighted by Crippen LogP contribution is 2.37. The lowest BCUT2D eigenvalue weighted by molar-refractivity contribution is -0.198. The Morgan fingerprint density at radius 2 is 1.59 bits per heavy atom. The minimum absolute atomic E-state index is 0.0659. The van der Waals surface area contributed by atoms with E-state index in [1.807, 2.05) is 24.3 Å². The molecular weight excluding hydrogens is 629 g/mol. The first-order chi connectivity index (χ1) is 18.5. The Morgan fingerprint density at radius 1 is 0.949 bits per heavy atom. The Hall–Kier alpha value is -3.86. The van der Waals surface area contributed by atoms with Crippen molar-refractivity contribution in [1.82, 2.24) is 19.5 Å². The smallest absolute Gasteiger partial charge is 0.305 e. The van der Waals surface area contributed by atoms with Crippen LogP contribution in [0, 0.1) is 3.57 Å². The van der Waals surface area contributed by atoms with Crippen LogP contribution in [0.15, 0.2) is 30.6 Å². The summed E-state index contributed by atoms with van der Waals surface area (Å²) in [6.45, 7) is 4.91. The minimum Gasteiger partial charge on any atom is -0.471 e. The van der Waals surface area contributed by atoms with E-state index in [0.717, 1.165) is 23.0 Å². The molecule has 1 aliphatic heterocycles. The molecule has 206 valence electrons. The molecule has 3 heterocycles. The number of hydrogen-bond donors (Lipinski definition) is 1. The number of carbonyl (C=O) groups is 4. The van der Waals surface area contributed by atoms with Gasteiger partial charge in [0, 0.05) is 31.3 Å². The van der Waals surface area contributed by atoms with E-state index in [9.17, 15) is 19.2 Å². The topological polar surface area (TPSA) is 170 Å². The predicted molar refractivity (Wildman–Crippen MR) is 140 cm³/mol. The summed E-state index contributed by atoms with van der Waals surface area (Å²) in [5.74, 6) is -2.56. The first kappa shape index (κ1) is 28.2. The lowest BCUT2D eigenvalue weighted by atomic mass is 10.2. The van der Waals surface area contributed by atoms with Gasteiger partial charge in [0.2, 0.25) is 30.1 Å². The third kappa shape index (κ3) is 6.78. The molecule has 39 heavy (non-hydrogen) atoms. The molecule has 3 aromatic rings. The Morgan fingerprint density at radius 3 is 2.21 bits per heavy atom. The largest absolute Gasteiger partial charge is 0.471 e. The van der Waals surface area contributed by atoms with Crippen LogP contribution in [-0.2, 0) is 44.7 Å². The van der Waals surface area contributed by atoms with Gasteiger partial charge >= 0.3 is 17.9 Å². The fourth-order valence-corrected chi connectivity index (χ4v) is 4.21. The number of nitrogens with zero attached hydrogens (tertiary/aromatic N) is 4. The van der Waals surface area contributed by atoms with Gasteiger partial charge in [-0.25, -0.2) is 4.98 Å². The third-order valence-electron chi connectivity index (χ3n) is 5.27.